The summed E-state index contributed by atoms with van der Waals surface area (Å²) in [5.41, 5.74) is 0. The largest absolute Gasteiger partial charge is 0.165 e. The number of halogens is 1. The SMILES string of the molecule is CC1CC(C)C(SF)C(C)C1. The summed E-state index contributed by atoms with van der Waals surface area (Å²) < 4.78 is 12.4. The Labute approximate surface area is 73.2 Å². The van der Waals surface area contributed by atoms with Crippen molar-refractivity contribution in [1.82, 2.24) is 0 Å². The van der Waals surface area contributed by atoms with Crippen molar-refractivity contribution >= 4 is 12.1 Å². The zero-order chi connectivity index (χ0) is 8.43. The molecule has 0 aliphatic heterocycles. The normalized spacial score (nSPS) is 45.8. The highest BCUT2D eigenvalue weighted by Crippen LogP contribution is 2.40. The minimum absolute atomic E-state index is 0.256. The first-order chi connectivity index (χ1) is 5.15. The summed E-state index contributed by atoms with van der Waals surface area (Å²) in [6.07, 6.45) is 2.40. The molecule has 0 N–H and O–H groups in total. The molecule has 0 heterocycles. The molecule has 0 amide bonds. The fourth-order valence-corrected chi connectivity index (χ4v) is 2.94. The summed E-state index contributed by atoms with van der Waals surface area (Å²) >= 11 is 0.564. The molecule has 2 unspecified atom stereocenters. The average Bonchev–Trinajstić information content (AvgIpc) is 1.85. The minimum Gasteiger partial charge on any atom is -0.165 e. The quantitative estimate of drug-likeness (QED) is 0.587. The molecule has 1 rings (SSSR count). The maximum atomic E-state index is 12.4. The highest BCUT2D eigenvalue weighted by Gasteiger charge is 2.31. The molecular weight excluding hydrogens is 159 g/mol. The van der Waals surface area contributed by atoms with E-state index in [0.717, 1.165) is 5.92 Å². The van der Waals surface area contributed by atoms with E-state index in [-0.39, 0.29) is 5.25 Å². The van der Waals surface area contributed by atoms with Crippen molar-refractivity contribution in [2.24, 2.45) is 17.8 Å². The Morgan fingerprint density at radius 1 is 1.09 bits per heavy atom. The monoisotopic (exact) mass is 176 g/mol. The van der Waals surface area contributed by atoms with Gasteiger partial charge in [-0.2, -0.15) is 3.89 Å². The zero-order valence-corrected chi connectivity index (χ0v) is 8.33. The van der Waals surface area contributed by atoms with Gasteiger partial charge in [0.15, 0.2) is 0 Å². The van der Waals surface area contributed by atoms with Crippen LogP contribution in [0.2, 0.25) is 0 Å². The van der Waals surface area contributed by atoms with Gasteiger partial charge in [-0.05, 0) is 30.6 Å². The Bertz CT molecular complexity index is 115. The lowest BCUT2D eigenvalue weighted by molar-refractivity contribution is 0.242. The van der Waals surface area contributed by atoms with E-state index in [0.29, 0.717) is 24.0 Å². The molecule has 0 aromatic heterocycles. The molecule has 0 aromatic carbocycles. The van der Waals surface area contributed by atoms with E-state index in [1.54, 1.807) is 0 Å². The molecule has 1 fully saturated rings. The van der Waals surface area contributed by atoms with E-state index in [1.165, 1.54) is 12.8 Å². The molecule has 2 heteroatoms. The number of rotatable bonds is 1. The van der Waals surface area contributed by atoms with Crippen LogP contribution in [0, 0.1) is 17.8 Å². The molecule has 0 saturated heterocycles. The van der Waals surface area contributed by atoms with Crippen LogP contribution in [-0.4, -0.2) is 5.25 Å². The Balaban J connectivity index is 2.52. The molecule has 0 nitrogen and oxygen atoms in total. The molecule has 0 bridgehead atoms. The van der Waals surface area contributed by atoms with E-state index in [4.69, 9.17) is 0 Å². The third-order valence-electron chi connectivity index (χ3n) is 2.77. The average molecular weight is 176 g/mol. The van der Waals surface area contributed by atoms with E-state index in [9.17, 15) is 3.89 Å². The predicted molar refractivity (Wildman–Crippen MR) is 49.2 cm³/mol. The molecule has 1 aliphatic carbocycles. The predicted octanol–water partition coefficient (Wildman–Crippen LogP) is 3.67. The van der Waals surface area contributed by atoms with Crippen molar-refractivity contribution in [3.05, 3.63) is 0 Å². The lowest BCUT2D eigenvalue weighted by Gasteiger charge is -2.35. The topological polar surface area (TPSA) is 0 Å². The Kier molecular flexibility index (Phi) is 3.23. The second-order valence-corrected chi connectivity index (χ2v) is 4.81. The van der Waals surface area contributed by atoms with Crippen LogP contribution in [0.15, 0.2) is 0 Å². The highest BCUT2D eigenvalue weighted by atomic mass is 32.2. The third-order valence-corrected chi connectivity index (χ3v) is 3.91. The van der Waals surface area contributed by atoms with Crippen molar-refractivity contribution in [2.45, 2.75) is 38.9 Å². The molecule has 0 spiro atoms. The van der Waals surface area contributed by atoms with Crippen LogP contribution < -0.4 is 0 Å². The minimum atomic E-state index is 0.256. The maximum absolute atomic E-state index is 12.4. The molecule has 66 valence electrons. The molecular formula is C9H17FS. The van der Waals surface area contributed by atoms with Crippen molar-refractivity contribution in [2.75, 3.05) is 0 Å². The van der Waals surface area contributed by atoms with Crippen LogP contribution in [0.25, 0.3) is 0 Å². The first-order valence-corrected chi connectivity index (χ1v) is 5.20. The van der Waals surface area contributed by atoms with Crippen LogP contribution in [-0.2, 0) is 0 Å². The zero-order valence-electron chi connectivity index (χ0n) is 7.51. The van der Waals surface area contributed by atoms with Gasteiger partial charge in [0.2, 0.25) is 0 Å². The van der Waals surface area contributed by atoms with Crippen molar-refractivity contribution in [3.8, 4) is 0 Å². The summed E-state index contributed by atoms with van der Waals surface area (Å²) in [5.74, 6) is 1.91. The molecule has 11 heavy (non-hydrogen) atoms. The van der Waals surface area contributed by atoms with E-state index < -0.39 is 0 Å². The van der Waals surface area contributed by atoms with Crippen molar-refractivity contribution < 1.29 is 3.89 Å². The molecule has 0 aromatic rings. The van der Waals surface area contributed by atoms with Crippen LogP contribution >= 0.6 is 12.1 Å². The smallest absolute Gasteiger partial charge is 0.0482 e. The first kappa shape index (κ1) is 9.37. The van der Waals surface area contributed by atoms with Gasteiger partial charge in [0, 0.05) is 17.4 Å². The molecule has 2 atom stereocenters. The lowest BCUT2D eigenvalue weighted by Crippen LogP contribution is -2.30. The van der Waals surface area contributed by atoms with Crippen LogP contribution in [0.4, 0.5) is 3.89 Å². The van der Waals surface area contributed by atoms with Gasteiger partial charge in [-0.3, -0.25) is 0 Å². The Hall–Kier alpha value is 0.280. The second kappa shape index (κ2) is 3.79. The van der Waals surface area contributed by atoms with Crippen molar-refractivity contribution in [1.29, 1.82) is 0 Å². The molecule has 0 radical (unpaired) electrons. The maximum Gasteiger partial charge on any atom is 0.0482 e. The third kappa shape index (κ3) is 2.11. The van der Waals surface area contributed by atoms with Gasteiger partial charge >= 0.3 is 0 Å². The van der Waals surface area contributed by atoms with E-state index in [1.807, 2.05) is 0 Å². The Morgan fingerprint density at radius 3 is 1.91 bits per heavy atom. The van der Waals surface area contributed by atoms with E-state index >= 15 is 0 Å². The summed E-state index contributed by atoms with van der Waals surface area (Å²) in [5, 5.41) is 0.256. The van der Waals surface area contributed by atoms with Gasteiger partial charge in [0.25, 0.3) is 0 Å². The van der Waals surface area contributed by atoms with Crippen molar-refractivity contribution in [3.63, 3.8) is 0 Å². The van der Waals surface area contributed by atoms with Gasteiger partial charge in [-0.1, -0.05) is 20.8 Å². The van der Waals surface area contributed by atoms with Gasteiger partial charge in [-0.25, -0.2) is 0 Å². The number of hydrogen-bond acceptors (Lipinski definition) is 1. The molecule has 1 aliphatic rings. The van der Waals surface area contributed by atoms with Gasteiger partial charge < -0.3 is 0 Å². The standard InChI is InChI=1S/C9H17FS/c1-6-4-7(2)9(11-10)8(3)5-6/h6-9H,4-5H2,1-3H3. The number of hydrogen-bond donors (Lipinski definition) is 0. The molecule has 1 saturated carbocycles. The highest BCUT2D eigenvalue weighted by molar-refractivity contribution is 7.94. The summed E-state index contributed by atoms with van der Waals surface area (Å²) in [7, 11) is 0. The van der Waals surface area contributed by atoms with E-state index in [2.05, 4.69) is 20.8 Å². The fourth-order valence-electron chi connectivity index (χ4n) is 2.37. The van der Waals surface area contributed by atoms with Crippen LogP contribution in [0.1, 0.15) is 33.6 Å². The summed E-state index contributed by atoms with van der Waals surface area (Å²) in [4.78, 5) is 0. The lowest BCUT2D eigenvalue weighted by atomic mass is 9.77. The second-order valence-electron chi connectivity index (χ2n) is 4.08. The Morgan fingerprint density at radius 2 is 1.55 bits per heavy atom. The summed E-state index contributed by atoms with van der Waals surface area (Å²) in [6.45, 7) is 6.61. The fraction of sp³-hybridized carbons (Fsp3) is 1.00. The van der Waals surface area contributed by atoms with Crippen LogP contribution in [0.5, 0.6) is 0 Å². The van der Waals surface area contributed by atoms with Gasteiger partial charge in [-0.15, -0.1) is 0 Å². The first-order valence-electron chi connectivity index (χ1n) is 4.42. The summed E-state index contributed by atoms with van der Waals surface area (Å²) in [6, 6.07) is 0. The van der Waals surface area contributed by atoms with Gasteiger partial charge in [0.05, 0.1) is 0 Å². The van der Waals surface area contributed by atoms with Crippen LogP contribution in [0.3, 0.4) is 0 Å². The van der Waals surface area contributed by atoms with Gasteiger partial charge in [0.1, 0.15) is 0 Å².